The van der Waals surface area contributed by atoms with E-state index in [0.717, 1.165) is 0 Å². The van der Waals surface area contributed by atoms with Gasteiger partial charge in [-0.3, -0.25) is 10.1 Å². The Morgan fingerprint density at radius 3 is 2.92 bits per heavy atom. The molecule has 0 spiro atoms. The monoisotopic (exact) mass is 182 g/mol. The summed E-state index contributed by atoms with van der Waals surface area (Å²) in [5.41, 5.74) is 5.32. The number of hydrogen-bond donors (Lipinski definition) is 2. The predicted molar refractivity (Wildman–Crippen MR) is 49.5 cm³/mol. The van der Waals surface area contributed by atoms with E-state index in [1.807, 2.05) is 6.92 Å². The quantitative estimate of drug-likeness (QED) is 0.537. The third kappa shape index (κ3) is 2.29. The molecule has 13 heavy (non-hydrogen) atoms. The summed E-state index contributed by atoms with van der Waals surface area (Å²) in [7, 11) is 0. The van der Waals surface area contributed by atoms with Gasteiger partial charge in [0.15, 0.2) is 0 Å². The first-order valence-corrected chi connectivity index (χ1v) is 3.79. The van der Waals surface area contributed by atoms with E-state index in [2.05, 4.69) is 10.3 Å². The molecule has 0 amide bonds. The largest absolute Gasteiger partial charge is 0.383 e. The zero-order valence-electron chi connectivity index (χ0n) is 7.15. The van der Waals surface area contributed by atoms with Gasteiger partial charge in [0.2, 0.25) is 0 Å². The second-order valence-corrected chi connectivity index (χ2v) is 2.42. The molecule has 0 saturated heterocycles. The van der Waals surface area contributed by atoms with Crippen molar-refractivity contribution < 1.29 is 4.92 Å². The molecule has 0 bridgehead atoms. The highest BCUT2D eigenvalue weighted by Gasteiger charge is 2.08. The summed E-state index contributed by atoms with van der Waals surface area (Å²) < 4.78 is 0. The molecule has 3 N–H and O–H groups in total. The van der Waals surface area contributed by atoms with Crippen LogP contribution in [0.2, 0.25) is 0 Å². The van der Waals surface area contributed by atoms with Crippen molar-refractivity contribution >= 4 is 17.3 Å². The van der Waals surface area contributed by atoms with Crippen LogP contribution in [0.5, 0.6) is 0 Å². The second kappa shape index (κ2) is 3.70. The molecule has 0 aliphatic carbocycles. The van der Waals surface area contributed by atoms with Gasteiger partial charge in [-0.15, -0.1) is 0 Å². The molecule has 0 atom stereocenters. The maximum Gasteiger partial charge on any atom is 0.276 e. The number of aromatic nitrogens is 1. The minimum absolute atomic E-state index is 0.0524. The minimum atomic E-state index is -0.501. The zero-order valence-corrected chi connectivity index (χ0v) is 7.15. The van der Waals surface area contributed by atoms with Crippen LogP contribution >= 0.6 is 0 Å². The Hall–Kier alpha value is -1.85. The van der Waals surface area contributed by atoms with Crippen molar-refractivity contribution in [3.63, 3.8) is 0 Å². The first-order valence-electron chi connectivity index (χ1n) is 3.79. The molecule has 6 heteroatoms. The summed E-state index contributed by atoms with van der Waals surface area (Å²) in [5.74, 6) is 0.569. The average molecular weight is 182 g/mol. The highest BCUT2D eigenvalue weighted by Crippen LogP contribution is 2.18. The lowest BCUT2D eigenvalue weighted by Gasteiger charge is -2.02. The van der Waals surface area contributed by atoms with E-state index in [0.29, 0.717) is 12.4 Å². The van der Waals surface area contributed by atoms with Crippen LogP contribution in [0.3, 0.4) is 0 Å². The summed E-state index contributed by atoms with van der Waals surface area (Å²) in [6.07, 6.45) is 0. The van der Waals surface area contributed by atoms with E-state index in [9.17, 15) is 10.1 Å². The third-order valence-corrected chi connectivity index (χ3v) is 1.40. The van der Waals surface area contributed by atoms with Crippen LogP contribution in [0.25, 0.3) is 0 Å². The molecular weight excluding hydrogens is 172 g/mol. The minimum Gasteiger partial charge on any atom is -0.383 e. The lowest BCUT2D eigenvalue weighted by Crippen LogP contribution is -2.02. The second-order valence-electron chi connectivity index (χ2n) is 2.42. The Morgan fingerprint density at radius 1 is 1.69 bits per heavy atom. The lowest BCUT2D eigenvalue weighted by atomic mass is 10.4. The molecule has 1 aromatic heterocycles. The first kappa shape index (κ1) is 9.24. The van der Waals surface area contributed by atoms with Crippen LogP contribution in [-0.2, 0) is 0 Å². The van der Waals surface area contributed by atoms with Crippen LogP contribution in [-0.4, -0.2) is 16.5 Å². The lowest BCUT2D eigenvalue weighted by molar-refractivity contribution is -0.384. The number of nitrogen functional groups attached to an aromatic ring is 1. The number of nitrogens with zero attached hydrogens (tertiary/aromatic N) is 2. The van der Waals surface area contributed by atoms with Crippen LogP contribution in [0.15, 0.2) is 12.1 Å². The molecule has 0 radical (unpaired) electrons. The number of nitro groups is 1. The Morgan fingerprint density at radius 2 is 2.38 bits per heavy atom. The predicted octanol–water partition coefficient (Wildman–Crippen LogP) is 1.00. The fourth-order valence-corrected chi connectivity index (χ4v) is 0.914. The van der Waals surface area contributed by atoms with Crippen LogP contribution in [0, 0.1) is 10.1 Å². The normalized spacial score (nSPS) is 9.62. The fourth-order valence-electron chi connectivity index (χ4n) is 0.914. The van der Waals surface area contributed by atoms with Crippen LogP contribution in [0.4, 0.5) is 17.3 Å². The van der Waals surface area contributed by atoms with Crippen LogP contribution < -0.4 is 11.1 Å². The molecule has 0 unspecified atom stereocenters. The highest BCUT2D eigenvalue weighted by molar-refractivity contribution is 5.52. The van der Waals surface area contributed by atoms with E-state index in [1.165, 1.54) is 12.1 Å². The maximum atomic E-state index is 10.4. The van der Waals surface area contributed by atoms with Crippen molar-refractivity contribution in [1.29, 1.82) is 0 Å². The van der Waals surface area contributed by atoms with Gasteiger partial charge in [-0.05, 0) is 6.92 Å². The van der Waals surface area contributed by atoms with Gasteiger partial charge in [-0.25, -0.2) is 4.98 Å². The molecule has 1 aromatic rings. The SMILES string of the molecule is CCNc1cc([N+](=O)[O-])cc(N)n1. The number of pyridine rings is 1. The fraction of sp³-hybridized carbons (Fsp3) is 0.286. The Bertz CT molecular complexity index is 326. The topological polar surface area (TPSA) is 94.1 Å². The highest BCUT2D eigenvalue weighted by atomic mass is 16.6. The van der Waals surface area contributed by atoms with Crippen molar-refractivity contribution in [2.24, 2.45) is 0 Å². The molecule has 0 aliphatic heterocycles. The third-order valence-electron chi connectivity index (χ3n) is 1.40. The van der Waals surface area contributed by atoms with Crippen molar-refractivity contribution in [3.8, 4) is 0 Å². The van der Waals surface area contributed by atoms with Gasteiger partial charge in [0.05, 0.1) is 17.1 Å². The summed E-state index contributed by atoms with van der Waals surface area (Å²) >= 11 is 0. The summed E-state index contributed by atoms with van der Waals surface area (Å²) in [5, 5.41) is 13.3. The number of nitrogens with two attached hydrogens (primary N) is 1. The van der Waals surface area contributed by atoms with Gasteiger partial charge < -0.3 is 11.1 Å². The van der Waals surface area contributed by atoms with E-state index in [4.69, 9.17) is 5.73 Å². The standard InChI is InChI=1S/C7H10N4O2/c1-2-9-7-4-5(11(12)13)3-6(8)10-7/h3-4H,2H2,1H3,(H3,8,9,10). The Kier molecular flexibility index (Phi) is 2.63. The molecular formula is C7H10N4O2. The van der Waals surface area contributed by atoms with Crippen molar-refractivity contribution in [2.45, 2.75) is 6.92 Å². The molecule has 0 saturated carbocycles. The number of anilines is 2. The zero-order chi connectivity index (χ0) is 9.84. The number of hydrogen-bond acceptors (Lipinski definition) is 5. The molecule has 0 aliphatic rings. The van der Waals surface area contributed by atoms with Gasteiger partial charge in [-0.1, -0.05) is 0 Å². The molecule has 0 fully saturated rings. The van der Waals surface area contributed by atoms with E-state index < -0.39 is 4.92 Å². The van der Waals surface area contributed by atoms with Crippen molar-refractivity contribution in [2.75, 3.05) is 17.6 Å². The summed E-state index contributed by atoms with van der Waals surface area (Å²) in [6, 6.07) is 2.57. The van der Waals surface area contributed by atoms with Gasteiger partial charge in [-0.2, -0.15) is 0 Å². The van der Waals surface area contributed by atoms with E-state index in [-0.39, 0.29) is 11.5 Å². The maximum absolute atomic E-state index is 10.4. The van der Waals surface area contributed by atoms with Gasteiger partial charge in [0, 0.05) is 6.54 Å². The van der Waals surface area contributed by atoms with Gasteiger partial charge >= 0.3 is 0 Å². The number of nitrogens with one attached hydrogen (secondary N) is 1. The molecule has 1 rings (SSSR count). The smallest absolute Gasteiger partial charge is 0.276 e. The van der Waals surface area contributed by atoms with Gasteiger partial charge in [0.1, 0.15) is 11.6 Å². The molecule has 70 valence electrons. The molecule has 1 heterocycles. The average Bonchev–Trinajstić information content (AvgIpc) is 2.03. The van der Waals surface area contributed by atoms with Crippen LogP contribution in [0.1, 0.15) is 6.92 Å². The summed E-state index contributed by atoms with van der Waals surface area (Å²) in [6.45, 7) is 2.52. The van der Waals surface area contributed by atoms with E-state index in [1.54, 1.807) is 0 Å². The van der Waals surface area contributed by atoms with Gasteiger partial charge in [0.25, 0.3) is 5.69 Å². The van der Waals surface area contributed by atoms with Crippen molar-refractivity contribution in [1.82, 2.24) is 4.98 Å². The van der Waals surface area contributed by atoms with Crippen molar-refractivity contribution in [3.05, 3.63) is 22.2 Å². The molecule has 6 nitrogen and oxygen atoms in total. The summed E-state index contributed by atoms with van der Waals surface area (Å²) in [4.78, 5) is 13.8. The first-order chi connectivity index (χ1) is 6.13. The number of rotatable bonds is 3. The van der Waals surface area contributed by atoms with E-state index >= 15 is 0 Å². The molecule has 0 aromatic carbocycles. The Balaban J connectivity index is 3.03. The Labute approximate surface area is 74.9 Å².